The molecule has 0 atom stereocenters. The maximum absolute atomic E-state index is 8.74. The van der Waals surface area contributed by atoms with Crippen molar-refractivity contribution in [2.45, 2.75) is 79.1 Å². The average molecular weight is 432 g/mol. The maximum Gasteiger partial charge on any atom is 0.116 e. The molecule has 0 spiro atoms. The highest BCUT2D eigenvalue weighted by Crippen LogP contribution is 2.53. The van der Waals surface area contributed by atoms with E-state index in [4.69, 9.17) is 4.11 Å². The summed E-state index contributed by atoms with van der Waals surface area (Å²) in [6.07, 6.45) is 2.28. The minimum atomic E-state index is -0.0266. The van der Waals surface area contributed by atoms with Gasteiger partial charge < -0.3 is 0 Å². The molecule has 31 heavy (non-hydrogen) atoms. The third-order valence-electron chi connectivity index (χ3n) is 7.19. The highest BCUT2D eigenvalue weighted by molar-refractivity contribution is 7.26. The average Bonchev–Trinajstić information content (AvgIpc) is 3.14. The quantitative estimate of drug-likeness (QED) is 0.304. The van der Waals surface area contributed by atoms with Crippen LogP contribution in [0.3, 0.4) is 0 Å². The summed E-state index contributed by atoms with van der Waals surface area (Å²) >= 11 is 1.69. The molecule has 0 N–H and O–H groups in total. The number of hydrogen-bond donors (Lipinski definition) is 0. The zero-order valence-corrected chi connectivity index (χ0v) is 20.6. The van der Waals surface area contributed by atoms with E-state index in [1.807, 2.05) is 19.9 Å². The minimum Gasteiger partial charge on any atom is -0.235 e. The molecule has 2 nitrogen and oxygen atoms in total. The van der Waals surface area contributed by atoms with E-state index in [0.29, 0.717) is 28.9 Å². The van der Waals surface area contributed by atoms with Crippen LogP contribution in [-0.4, -0.2) is 9.97 Å². The molecule has 0 radical (unpaired) electrons. The summed E-state index contributed by atoms with van der Waals surface area (Å²) in [6, 6.07) is 2.58. The summed E-state index contributed by atoms with van der Waals surface area (Å²) in [5, 5.41) is 1.14. The largest absolute Gasteiger partial charge is 0.235 e. The van der Waals surface area contributed by atoms with E-state index in [1.165, 1.54) is 27.0 Å². The Morgan fingerprint density at radius 2 is 1.48 bits per heavy atom. The van der Waals surface area contributed by atoms with Crippen LogP contribution in [0.25, 0.3) is 31.6 Å². The lowest BCUT2D eigenvalue weighted by atomic mass is 9.60. The van der Waals surface area contributed by atoms with Gasteiger partial charge in [-0.1, -0.05) is 44.9 Å². The van der Waals surface area contributed by atoms with E-state index in [2.05, 4.69) is 51.5 Å². The molecule has 4 aromatic rings. The van der Waals surface area contributed by atoms with Gasteiger partial charge in [0.15, 0.2) is 0 Å². The van der Waals surface area contributed by atoms with Crippen molar-refractivity contribution in [1.82, 2.24) is 9.97 Å². The fourth-order valence-electron chi connectivity index (χ4n) is 5.79. The van der Waals surface area contributed by atoms with E-state index in [0.717, 1.165) is 34.0 Å². The molecular weight excluding hydrogens is 396 g/mol. The molecule has 160 valence electrons. The summed E-state index contributed by atoms with van der Waals surface area (Å²) in [6.45, 7) is 17.6. The molecule has 2 heterocycles. The number of aryl methyl sites for hydroxylation is 3. The van der Waals surface area contributed by atoms with Gasteiger partial charge in [-0.2, -0.15) is 0 Å². The number of fused-ring (bicyclic) bond motifs is 4. The summed E-state index contributed by atoms with van der Waals surface area (Å²) in [5.74, 6) is 0. The normalized spacial score (nSPS) is 18.6. The van der Waals surface area contributed by atoms with Crippen molar-refractivity contribution in [3.05, 3.63) is 57.8 Å². The Hall–Kier alpha value is -2.26. The Kier molecular flexibility index (Phi) is 3.70. The van der Waals surface area contributed by atoms with Crippen LogP contribution in [0.2, 0.25) is 0 Å². The second kappa shape index (κ2) is 6.62. The lowest BCUT2D eigenvalue weighted by molar-refractivity contribution is 0.330. The number of aromatic nitrogens is 2. The summed E-state index contributed by atoms with van der Waals surface area (Å²) in [5.41, 5.74) is 9.26. The molecule has 0 aliphatic heterocycles. The number of hydrogen-bond acceptors (Lipinski definition) is 3. The fraction of sp³-hybridized carbons (Fsp3) is 0.429. The van der Waals surface area contributed by atoms with Gasteiger partial charge in [-0.3, -0.25) is 0 Å². The molecule has 3 heteroatoms. The van der Waals surface area contributed by atoms with Crippen LogP contribution in [0.5, 0.6) is 0 Å². The molecule has 1 aliphatic carbocycles. The van der Waals surface area contributed by atoms with Crippen molar-refractivity contribution in [1.29, 1.82) is 0 Å². The van der Waals surface area contributed by atoms with Crippen LogP contribution in [-0.2, 0) is 10.8 Å². The number of benzene rings is 2. The van der Waals surface area contributed by atoms with E-state index >= 15 is 0 Å². The number of thiophene rings is 1. The molecule has 1 aliphatic rings. The third kappa shape index (κ3) is 2.96. The zero-order chi connectivity index (χ0) is 24.9. The molecule has 5 rings (SSSR count). The topological polar surface area (TPSA) is 25.8 Å². The van der Waals surface area contributed by atoms with Crippen molar-refractivity contribution in [3.8, 4) is 11.3 Å². The smallest absolute Gasteiger partial charge is 0.116 e. The first-order valence-electron chi connectivity index (χ1n) is 12.6. The van der Waals surface area contributed by atoms with Gasteiger partial charge in [0.05, 0.1) is 18.7 Å². The first-order chi connectivity index (χ1) is 15.8. The Labute approximate surface area is 194 Å². The first kappa shape index (κ1) is 17.3. The number of rotatable bonds is 1. The Morgan fingerprint density at radius 1 is 0.839 bits per heavy atom. The van der Waals surface area contributed by atoms with Gasteiger partial charge in [0.1, 0.15) is 7.67 Å². The molecule has 0 unspecified atom stereocenters. The van der Waals surface area contributed by atoms with Crippen molar-refractivity contribution >= 4 is 31.6 Å². The number of nitrogens with zero attached hydrogens (tertiary/aromatic N) is 2. The van der Waals surface area contributed by atoms with E-state index in [9.17, 15) is 0 Å². The summed E-state index contributed by atoms with van der Waals surface area (Å²) in [7, 11) is 0. The molecule has 0 amide bonds. The van der Waals surface area contributed by atoms with Crippen molar-refractivity contribution < 1.29 is 4.11 Å². The maximum atomic E-state index is 8.74. The van der Waals surface area contributed by atoms with Crippen LogP contribution in [0.1, 0.15) is 78.0 Å². The van der Waals surface area contributed by atoms with E-state index in [-0.39, 0.29) is 17.1 Å². The zero-order valence-electron chi connectivity index (χ0n) is 22.8. The predicted octanol–water partition coefficient (Wildman–Crippen LogP) is 8.09. The van der Waals surface area contributed by atoms with Gasteiger partial charge in [0.2, 0.25) is 0 Å². The van der Waals surface area contributed by atoms with Crippen molar-refractivity contribution in [3.63, 3.8) is 0 Å². The van der Waals surface area contributed by atoms with E-state index < -0.39 is 0 Å². The van der Waals surface area contributed by atoms with Crippen LogP contribution in [0.15, 0.2) is 24.5 Å². The monoisotopic (exact) mass is 431 g/mol. The standard InChI is InChI=1S/C28H32N2S/c1-15-11-16(2)13-19(12-15)23-26-24(30-14-29-23)20-17(3)21-22(18(4)25(20)31-26)28(7,8)10-9-27(21,5)6/h11-14H,9-10H2,1-8H3/i11D,12D,14D. The van der Waals surface area contributed by atoms with Crippen LogP contribution >= 0.6 is 11.3 Å². The van der Waals surface area contributed by atoms with Crippen molar-refractivity contribution in [2.24, 2.45) is 0 Å². The Balaban J connectivity index is 1.97. The summed E-state index contributed by atoms with van der Waals surface area (Å²) in [4.78, 5) is 9.18. The van der Waals surface area contributed by atoms with Crippen molar-refractivity contribution in [2.75, 3.05) is 0 Å². The Bertz CT molecular complexity index is 1530. The lowest BCUT2D eigenvalue weighted by Crippen LogP contribution is -2.35. The predicted molar refractivity (Wildman–Crippen MR) is 135 cm³/mol. The van der Waals surface area contributed by atoms with Crippen LogP contribution in [0, 0.1) is 27.7 Å². The molecular formula is C28H32N2S. The first-order valence-corrected chi connectivity index (χ1v) is 11.9. The summed E-state index contributed by atoms with van der Waals surface area (Å²) < 4.78 is 27.6. The molecule has 0 saturated carbocycles. The molecule has 2 aromatic heterocycles. The third-order valence-corrected chi connectivity index (χ3v) is 8.49. The fourth-order valence-corrected chi connectivity index (χ4v) is 7.09. The van der Waals surface area contributed by atoms with Gasteiger partial charge in [-0.05, 0) is 85.7 Å². The van der Waals surface area contributed by atoms with Gasteiger partial charge in [-0.25, -0.2) is 9.97 Å². The second-order valence-electron chi connectivity index (χ2n) is 10.5. The highest BCUT2D eigenvalue weighted by atomic mass is 32.1. The van der Waals surface area contributed by atoms with E-state index in [1.54, 1.807) is 11.3 Å². The van der Waals surface area contributed by atoms with Gasteiger partial charge in [0.25, 0.3) is 0 Å². The van der Waals surface area contributed by atoms with Crippen LogP contribution < -0.4 is 0 Å². The molecule has 2 aromatic carbocycles. The van der Waals surface area contributed by atoms with Crippen LogP contribution in [0.4, 0.5) is 0 Å². The van der Waals surface area contributed by atoms with Gasteiger partial charge >= 0.3 is 0 Å². The lowest BCUT2D eigenvalue weighted by Gasteiger charge is -2.44. The molecule has 0 saturated heterocycles. The van der Waals surface area contributed by atoms with Gasteiger partial charge in [0, 0.05) is 15.6 Å². The van der Waals surface area contributed by atoms with Gasteiger partial charge in [-0.15, -0.1) is 11.3 Å². The highest BCUT2D eigenvalue weighted by Gasteiger charge is 2.40. The SMILES string of the molecule is [2H]c1nc(-c2cc(C)c([2H])c(C)c2[2H])c2sc3c(C)c4c(c(C)c3c2n1)C(C)(C)CCC4(C)C. The minimum absolute atomic E-state index is 0.0266. The molecule has 0 fully saturated rings. The molecule has 0 bridgehead atoms. The Morgan fingerprint density at radius 3 is 2.16 bits per heavy atom. The second-order valence-corrected chi connectivity index (χ2v) is 11.6.